The van der Waals surface area contributed by atoms with E-state index in [1.807, 2.05) is 31.2 Å². The third-order valence-corrected chi connectivity index (χ3v) is 5.12. The summed E-state index contributed by atoms with van der Waals surface area (Å²) < 4.78 is 42.4. The van der Waals surface area contributed by atoms with E-state index in [1.165, 1.54) is 18.2 Å². The van der Waals surface area contributed by atoms with Crippen LogP contribution in [-0.2, 0) is 28.6 Å². The lowest BCUT2D eigenvalue weighted by Gasteiger charge is -2.13. The number of ether oxygens (including phenoxy) is 1. The molecule has 8 heteroatoms. The van der Waals surface area contributed by atoms with Crippen LogP contribution in [0.3, 0.4) is 0 Å². The lowest BCUT2D eigenvalue weighted by atomic mass is 10.1. The summed E-state index contributed by atoms with van der Waals surface area (Å²) in [6.45, 7) is 3.64. The van der Waals surface area contributed by atoms with Crippen molar-refractivity contribution in [3.05, 3.63) is 65.0 Å². The maximum absolute atomic E-state index is 13.7. The third kappa shape index (κ3) is 9.09. The Balaban J connectivity index is 1.99. The summed E-state index contributed by atoms with van der Waals surface area (Å²) in [4.78, 5) is 4.49. The number of guanidine groups is 1. The van der Waals surface area contributed by atoms with E-state index in [9.17, 15) is 12.8 Å². The average molecular weight is 446 g/mol. The maximum atomic E-state index is 13.7. The standard InChI is InChI=1S/C23H28FN3O3S/c1-4-14-30-22-10-6-18(7-11-22)12-13-26-23(25-5-2)27-16-20-15-21(24)9-8-19(20)17-31(3,28)29/h1,6-11,15H,5,12-14,16-17H2,2-3H3,(H2,25,26,27). The molecule has 0 aromatic heterocycles. The molecule has 31 heavy (non-hydrogen) atoms. The van der Waals surface area contributed by atoms with Crippen LogP contribution >= 0.6 is 0 Å². The van der Waals surface area contributed by atoms with Gasteiger partial charge in [0.25, 0.3) is 0 Å². The first-order chi connectivity index (χ1) is 14.8. The molecule has 166 valence electrons. The van der Waals surface area contributed by atoms with Crippen molar-refractivity contribution in [1.82, 2.24) is 10.6 Å². The number of nitrogens with one attached hydrogen (secondary N) is 2. The van der Waals surface area contributed by atoms with Crippen LogP contribution < -0.4 is 15.4 Å². The molecule has 0 atom stereocenters. The van der Waals surface area contributed by atoms with E-state index >= 15 is 0 Å². The highest BCUT2D eigenvalue weighted by atomic mass is 32.2. The molecule has 2 aromatic carbocycles. The van der Waals surface area contributed by atoms with Gasteiger partial charge in [-0.1, -0.05) is 24.1 Å². The topological polar surface area (TPSA) is 79.8 Å². The predicted molar refractivity (Wildman–Crippen MR) is 122 cm³/mol. The first-order valence-electron chi connectivity index (χ1n) is 9.93. The van der Waals surface area contributed by atoms with Gasteiger partial charge in [-0.3, -0.25) is 0 Å². The highest BCUT2D eigenvalue weighted by molar-refractivity contribution is 7.89. The van der Waals surface area contributed by atoms with Gasteiger partial charge in [0.05, 0.1) is 12.3 Å². The molecule has 0 saturated carbocycles. The molecule has 0 fully saturated rings. The quantitative estimate of drug-likeness (QED) is 0.334. The number of terminal acetylenes is 1. The van der Waals surface area contributed by atoms with Crippen LogP contribution in [0.25, 0.3) is 0 Å². The fourth-order valence-corrected chi connectivity index (χ4v) is 3.72. The van der Waals surface area contributed by atoms with Crippen LogP contribution in [0.15, 0.2) is 47.5 Å². The van der Waals surface area contributed by atoms with E-state index in [0.717, 1.165) is 24.0 Å². The molecular formula is C23H28FN3O3S. The molecule has 0 spiro atoms. The normalized spacial score (nSPS) is 11.6. The van der Waals surface area contributed by atoms with Gasteiger partial charge in [0.1, 0.15) is 18.2 Å². The molecule has 2 rings (SSSR count). The van der Waals surface area contributed by atoms with Crippen molar-refractivity contribution in [3.8, 4) is 18.1 Å². The average Bonchev–Trinajstić information content (AvgIpc) is 2.72. The van der Waals surface area contributed by atoms with Gasteiger partial charge >= 0.3 is 0 Å². The van der Waals surface area contributed by atoms with E-state index < -0.39 is 15.7 Å². The largest absolute Gasteiger partial charge is 0.481 e. The molecule has 0 heterocycles. The van der Waals surface area contributed by atoms with Crippen molar-refractivity contribution in [2.24, 2.45) is 4.99 Å². The maximum Gasteiger partial charge on any atom is 0.191 e. The molecule has 0 saturated heterocycles. The molecule has 0 amide bonds. The Hall–Kier alpha value is -3.05. The zero-order valence-electron chi connectivity index (χ0n) is 17.8. The van der Waals surface area contributed by atoms with Gasteiger partial charge in [-0.25, -0.2) is 17.8 Å². The van der Waals surface area contributed by atoms with Crippen molar-refractivity contribution in [1.29, 1.82) is 0 Å². The Labute approximate surface area is 183 Å². The summed E-state index contributed by atoms with van der Waals surface area (Å²) in [5.74, 6) is 3.16. The molecule has 0 aliphatic rings. The number of rotatable bonds is 10. The monoisotopic (exact) mass is 445 g/mol. The van der Waals surface area contributed by atoms with E-state index in [1.54, 1.807) is 0 Å². The van der Waals surface area contributed by atoms with Crippen LogP contribution in [0.1, 0.15) is 23.6 Å². The zero-order chi connectivity index (χ0) is 22.7. The Bertz CT molecular complexity index is 1030. The zero-order valence-corrected chi connectivity index (χ0v) is 18.6. The van der Waals surface area contributed by atoms with Crippen LogP contribution in [0.4, 0.5) is 4.39 Å². The summed E-state index contributed by atoms with van der Waals surface area (Å²) in [6, 6.07) is 11.8. The number of hydrogen-bond acceptors (Lipinski definition) is 4. The number of benzene rings is 2. The Morgan fingerprint density at radius 1 is 1.16 bits per heavy atom. The lowest BCUT2D eigenvalue weighted by Crippen LogP contribution is -2.38. The fourth-order valence-electron chi connectivity index (χ4n) is 2.87. The van der Waals surface area contributed by atoms with Gasteiger partial charge in [0, 0.05) is 19.3 Å². The second-order valence-corrected chi connectivity index (χ2v) is 9.13. The second-order valence-electron chi connectivity index (χ2n) is 6.99. The molecule has 0 aliphatic carbocycles. The molecule has 0 bridgehead atoms. The Kier molecular flexibility index (Phi) is 9.35. The van der Waals surface area contributed by atoms with Gasteiger partial charge in [-0.05, 0) is 54.3 Å². The number of sulfone groups is 1. The first kappa shape index (κ1) is 24.2. The van der Waals surface area contributed by atoms with Crippen LogP contribution in [0, 0.1) is 18.2 Å². The van der Waals surface area contributed by atoms with Gasteiger partial charge in [-0.2, -0.15) is 0 Å². The number of aliphatic imine (C=N–C) groups is 1. The first-order valence-corrected chi connectivity index (χ1v) is 12.0. The smallest absolute Gasteiger partial charge is 0.191 e. The summed E-state index contributed by atoms with van der Waals surface area (Å²) in [7, 11) is -3.24. The van der Waals surface area contributed by atoms with Gasteiger partial charge in [0.15, 0.2) is 15.8 Å². The summed E-state index contributed by atoms with van der Waals surface area (Å²) in [5.41, 5.74) is 2.22. The van der Waals surface area contributed by atoms with E-state index in [-0.39, 0.29) is 18.9 Å². The fraction of sp³-hybridized carbons (Fsp3) is 0.348. The van der Waals surface area contributed by atoms with E-state index in [0.29, 0.717) is 30.2 Å². The molecule has 0 aliphatic heterocycles. The second kappa shape index (κ2) is 12.0. The van der Waals surface area contributed by atoms with Crippen molar-refractivity contribution in [2.75, 3.05) is 26.0 Å². The summed E-state index contributed by atoms with van der Waals surface area (Å²) >= 11 is 0. The lowest BCUT2D eigenvalue weighted by molar-refractivity contribution is 0.370. The van der Waals surface area contributed by atoms with Crippen LogP contribution in [0.5, 0.6) is 5.75 Å². The molecule has 0 radical (unpaired) electrons. The van der Waals surface area contributed by atoms with Crippen molar-refractivity contribution >= 4 is 15.8 Å². The number of nitrogens with zero attached hydrogens (tertiary/aromatic N) is 1. The minimum absolute atomic E-state index is 0.150. The molecule has 2 aromatic rings. The minimum atomic E-state index is -3.24. The van der Waals surface area contributed by atoms with Gasteiger partial charge in [-0.15, -0.1) is 6.42 Å². The van der Waals surface area contributed by atoms with Crippen LogP contribution in [0.2, 0.25) is 0 Å². The molecule has 6 nitrogen and oxygen atoms in total. The predicted octanol–water partition coefficient (Wildman–Crippen LogP) is 2.68. The highest BCUT2D eigenvalue weighted by Gasteiger charge is 2.11. The SMILES string of the molecule is C#CCOc1ccc(CCNC(=NCc2cc(F)ccc2CS(C)(=O)=O)NCC)cc1. The molecule has 0 unspecified atom stereocenters. The molecular weight excluding hydrogens is 417 g/mol. The van der Waals surface area contributed by atoms with Crippen molar-refractivity contribution in [3.63, 3.8) is 0 Å². The van der Waals surface area contributed by atoms with E-state index in [2.05, 4.69) is 21.5 Å². The highest BCUT2D eigenvalue weighted by Crippen LogP contribution is 2.16. The van der Waals surface area contributed by atoms with Gasteiger partial charge < -0.3 is 15.4 Å². The van der Waals surface area contributed by atoms with Crippen molar-refractivity contribution < 1.29 is 17.5 Å². The Morgan fingerprint density at radius 2 is 1.90 bits per heavy atom. The van der Waals surface area contributed by atoms with Crippen molar-refractivity contribution in [2.45, 2.75) is 25.6 Å². The third-order valence-electron chi connectivity index (χ3n) is 4.29. The number of hydrogen-bond donors (Lipinski definition) is 2. The number of halogens is 1. The van der Waals surface area contributed by atoms with Crippen LogP contribution in [-0.4, -0.2) is 40.3 Å². The summed E-state index contributed by atoms with van der Waals surface area (Å²) in [5, 5.41) is 6.38. The van der Waals surface area contributed by atoms with E-state index in [4.69, 9.17) is 11.2 Å². The Morgan fingerprint density at radius 3 is 2.55 bits per heavy atom. The summed E-state index contributed by atoms with van der Waals surface area (Å²) in [6.07, 6.45) is 7.10. The van der Waals surface area contributed by atoms with Gasteiger partial charge in [0.2, 0.25) is 0 Å². The molecule has 2 N–H and O–H groups in total. The minimum Gasteiger partial charge on any atom is -0.481 e.